The minimum atomic E-state index is -0.784. The summed E-state index contributed by atoms with van der Waals surface area (Å²) < 4.78 is 28.2. The summed E-state index contributed by atoms with van der Waals surface area (Å²) in [5.74, 6) is 1.05. The number of aliphatic hydroxyl groups excluding tert-OH is 1. The molecule has 0 bridgehead atoms. The van der Waals surface area contributed by atoms with Crippen molar-refractivity contribution in [1.29, 1.82) is 0 Å². The second-order valence-electron chi connectivity index (χ2n) is 9.38. The van der Waals surface area contributed by atoms with E-state index >= 15 is 0 Å². The molecule has 0 radical (unpaired) electrons. The maximum Gasteiger partial charge on any atom is 0.184 e. The molecular formula is C28H38O7. The van der Waals surface area contributed by atoms with E-state index in [1.807, 2.05) is 69.3 Å². The molecule has 7 nitrogen and oxygen atoms in total. The van der Waals surface area contributed by atoms with E-state index in [1.54, 1.807) is 14.2 Å². The molecule has 2 aromatic carbocycles. The van der Waals surface area contributed by atoms with Crippen LogP contribution in [0.3, 0.4) is 0 Å². The number of benzene rings is 2. The van der Waals surface area contributed by atoms with Gasteiger partial charge in [0.15, 0.2) is 6.29 Å². The summed E-state index contributed by atoms with van der Waals surface area (Å²) in [6.07, 6.45) is -1.55. The van der Waals surface area contributed by atoms with Gasteiger partial charge in [-0.1, -0.05) is 45.0 Å². The molecule has 1 saturated heterocycles. The Morgan fingerprint density at radius 3 is 2.23 bits per heavy atom. The second kappa shape index (κ2) is 13.0. The van der Waals surface area contributed by atoms with Crippen molar-refractivity contribution in [1.82, 2.24) is 0 Å². The Morgan fingerprint density at radius 2 is 1.63 bits per heavy atom. The molecule has 1 fully saturated rings. The van der Waals surface area contributed by atoms with E-state index < -0.39 is 12.4 Å². The summed E-state index contributed by atoms with van der Waals surface area (Å²) in [5.41, 5.74) is 1.90. The fraction of sp³-hybridized carbons (Fsp3) is 0.536. The highest BCUT2D eigenvalue weighted by Crippen LogP contribution is 2.34. The summed E-state index contributed by atoms with van der Waals surface area (Å²) in [6.45, 7) is 7.08. The van der Waals surface area contributed by atoms with Crippen LogP contribution in [-0.4, -0.2) is 50.5 Å². The average molecular weight is 487 g/mol. The van der Waals surface area contributed by atoms with Crippen LogP contribution in [0.5, 0.6) is 11.5 Å². The Bertz CT molecular complexity index is 912. The van der Waals surface area contributed by atoms with Crippen LogP contribution in [0.1, 0.15) is 44.6 Å². The number of Topliss-reactive ketones (excluding diaryl/α,β-unsaturated/α-hetero) is 1. The van der Waals surface area contributed by atoms with E-state index in [0.29, 0.717) is 19.8 Å². The van der Waals surface area contributed by atoms with Gasteiger partial charge < -0.3 is 28.8 Å². The highest BCUT2D eigenvalue weighted by Gasteiger charge is 2.37. The quantitative estimate of drug-likeness (QED) is 0.471. The van der Waals surface area contributed by atoms with Crippen LogP contribution in [0.4, 0.5) is 0 Å². The Morgan fingerprint density at radius 1 is 1.03 bits per heavy atom. The first kappa shape index (κ1) is 27.1. The first-order valence-electron chi connectivity index (χ1n) is 12.1. The van der Waals surface area contributed by atoms with E-state index in [4.69, 9.17) is 23.7 Å². The zero-order valence-electron chi connectivity index (χ0n) is 21.3. The second-order valence-corrected chi connectivity index (χ2v) is 9.38. The predicted octanol–water partition coefficient (Wildman–Crippen LogP) is 4.56. The Hall–Kier alpha value is -2.45. The van der Waals surface area contributed by atoms with Crippen LogP contribution < -0.4 is 9.47 Å². The lowest BCUT2D eigenvalue weighted by Crippen LogP contribution is -2.42. The monoisotopic (exact) mass is 486 g/mol. The Labute approximate surface area is 208 Å². The van der Waals surface area contributed by atoms with Gasteiger partial charge in [0, 0.05) is 29.7 Å². The van der Waals surface area contributed by atoms with Gasteiger partial charge >= 0.3 is 0 Å². The molecule has 1 heterocycles. The maximum absolute atomic E-state index is 13.0. The van der Waals surface area contributed by atoms with Crippen LogP contribution in [0.2, 0.25) is 0 Å². The minimum Gasteiger partial charge on any atom is -0.497 e. The molecule has 1 aliphatic heterocycles. The first-order valence-corrected chi connectivity index (χ1v) is 12.1. The van der Waals surface area contributed by atoms with Gasteiger partial charge in [-0.25, -0.2) is 0 Å². The fourth-order valence-electron chi connectivity index (χ4n) is 4.17. The third kappa shape index (κ3) is 7.51. The van der Waals surface area contributed by atoms with E-state index in [-0.39, 0.29) is 36.1 Å². The molecule has 0 spiro atoms. The van der Waals surface area contributed by atoms with Crippen molar-refractivity contribution in [3.05, 3.63) is 59.7 Å². The lowest BCUT2D eigenvalue weighted by atomic mass is 9.86. The van der Waals surface area contributed by atoms with Crippen molar-refractivity contribution in [2.75, 3.05) is 27.4 Å². The van der Waals surface area contributed by atoms with Gasteiger partial charge in [-0.3, -0.25) is 4.79 Å². The van der Waals surface area contributed by atoms with E-state index in [1.165, 1.54) is 0 Å². The maximum atomic E-state index is 13.0. The van der Waals surface area contributed by atoms with Gasteiger partial charge in [-0.15, -0.1) is 0 Å². The Kier molecular flexibility index (Phi) is 10.1. The molecule has 1 N–H and O–H groups in total. The normalized spacial score (nSPS) is 22.7. The fourth-order valence-corrected chi connectivity index (χ4v) is 4.17. The summed E-state index contributed by atoms with van der Waals surface area (Å²) in [6, 6.07) is 15.2. The van der Waals surface area contributed by atoms with Gasteiger partial charge in [-0.2, -0.15) is 0 Å². The number of carbonyl (C=O) groups excluding carboxylic acids is 1. The van der Waals surface area contributed by atoms with Gasteiger partial charge in [0.1, 0.15) is 17.3 Å². The van der Waals surface area contributed by atoms with Crippen molar-refractivity contribution in [2.24, 2.45) is 17.8 Å². The SMILES string of the molecule is COc1ccc(COC[C@@H](C)[C@H](O)CC(=O)[C@H](C)[C@H]2O[C@@H](c3ccc(OC)cc3)OC[C@@H]2C)cc1. The van der Waals surface area contributed by atoms with Crippen molar-refractivity contribution < 1.29 is 33.6 Å². The highest BCUT2D eigenvalue weighted by molar-refractivity contribution is 5.81. The molecule has 0 unspecified atom stereocenters. The number of hydrogen-bond acceptors (Lipinski definition) is 7. The molecular weight excluding hydrogens is 448 g/mol. The van der Waals surface area contributed by atoms with Crippen LogP contribution in [0, 0.1) is 17.8 Å². The van der Waals surface area contributed by atoms with E-state index in [2.05, 4.69) is 0 Å². The molecule has 192 valence electrons. The van der Waals surface area contributed by atoms with Gasteiger partial charge in [0.25, 0.3) is 0 Å². The topological polar surface area (TPSA) is 83.5 Å². The molecule has 1 aliphatic rings. The predicted molar refractivity (Wildman–Crippen MR) is 132 cm³/mol. The van der Waals surface area contributed by atoms with Crippen LogP contribution >= 0.6 is 0 Å². The molecule has 3 rings (SSSR count). The van der Waals surface area contributed by atoms with Crippen LogP contribution in [0.25, 0.3) is 0 Å². The lowest BCUT2D eigenvalue weighted by molar-refractivity contribution is -0.248. The summed E-state index contributed by atoms with van der Waals surface area (Å²) in [5, 5.41) is 10.7. The van der Waals surface area contributed by atoms with Gasteiger partial charge in [0.05, 0.1) is 46.2 Å². The van der Waals surface area contributed by atoms with Gasteiger partial charge in [-0.05, 0) is 29.8 Å². The summed E-state index contributed by atoms with van der Waals surface area (Å²) >= 11 is 0. The van der Waals surface area contributed by atoms with E-state index in [9.17, 15) is 9.90 Å². The molecule has 2 aromatic rings. The van der Waals surface area contributed by atoms with Gasteiger partial charge in [0.2, 0.25) is 0 Å². The number of methoxy groups -OCH3 is 2. The smallest absolute Gasteiger partial charge is 0.184 e. The number of rotatable bonds is 12. The van der Waals surface area contributed by atoms with Crippen LogP contribution in [0.15, 0.2) is 48.5 Å². The summed E-state index contributed by atoms with van der Waals surface area (Å²) in [7, 11) is 3.25. The highest BCUT2D eigenvalue weighted by atomic mass is 16.7. The molecule has 0 aliphatic carbocycles. The Balaban J connectivity index is 1.48. The number of ether oxygens (including phenoxy) is 5. The molecule has 6 atom stereocenters. The average Bonchev–Trinajstić information content (AvgIpc) is 2.88. The minimum absolute atomic E-state index is 0.0215. The van der Waals surface area contributed by atoms with Crippen molar-refractivity contribution >= 4 is 5.78 Å². The number of hydrogen-bond donors (Lipinski definition) is 1. The lowest BCUT2D eigenvalue weighted by Gasteiger charge is -2.38. The first-order chi connectivity index (χ1) is 16.8. The molecule has 35 heavy (non-hydrogen) atoms. The molecule has 0 aromatic heterocycles. The third-order valence-corrected chi connectivity index (χ3v) is 6.62. The molecule has 7 heteroatoms. The number of carbonyl (C=O) groups is 1. The number of aliphatic hydroxyl groups is 1. The zero-order chi connectivity index (χ0) is 25.4. The zero-order valence-corrected chi connectivity index (χ0v) is 21.3. The van der Waals surface area contributed by atoms with Crippen LogP contribution in [-0.2, 0) is 25.6 Å². The summed E-state index contributed by atoms with van der Waals surface area (Å²) in [4.78, 5) is 13.0. The van der Waals surface area contributed by atoms with Crippen molar-refractivity contribution in [3.63, 3.8) is 0 Å². The van der Waals surface area contributed by atoms with E-state index in [0.717, 1.165) is 22.6 Å². The molecule has 0 amide bonds. The standard InChI is InChI=1S/C28H38O7/c1-18(15-33-17-21-6-10-23(31-4)11-7-21)25(29)14-26(30)20(3)27-19(2)16-34-28(35-27)22-8-12-24(32-5)13-9-22/h6-13,18-20,25,27-29H,14-17H2,1-5H3/t18-,19+,20+,25-,27+,28+/m1/s1. The number of ketones is 1. The van der Waals surface area contributed by atoms with Crippen molar-refractivity contribution in [2.45, 2.75) is 52.3 Å². The molecule has 0 saturated carbocycles. The van der Waals surface area contributed by atoms with Crippen molar-refractivity contribution in [3.8, 4) is 11.5 Å². The largest absolute Gasteiger partial charge is 0.497 e. The third-order valence-electron chi connectivity index (χ3n) is 6.62.